The number of carbonyl (C=O) groups is 1. The van der Waals surface area contributed by atoms with E-state index in [0.29, 0.717) is 23.4 Å². The molecule has 5 rings (SSSR count). The van der Waals surface area contributed by atoms with Crippen molar-refractivity contribution in [2.75, 3.05) is 5.73 Å². The van der Waals surface area contributed by atoms with Crippen LogP contribution in [0.2, 0.25) is 0 Å². The third-order valence-electron chi connectivity index (χ3n) is 6.54. The summed E-state index contributed by atoms with van der Waals surface area (Å²) in [5.74, 6) is -0.157. The van der Waals surface area contributed by atoms with Crippen molar-refractivity contribution in [3.63, 3.8) is 0 Å². The van der Waals surface area contributed by atoms with Crippen LogP contribution in [-0.4, -0.2) is 32.3 Å². The van der Waals surface area contributed by atoms with Crippen LogP contribution in [0.3, 0.4) is 0 Å². The summed E-state index contributed by atoms with van der Waals surface area (Å²) >= 11 is 0. The molecule has 10 heteroatoms. The van der Waals surface area contributed by atoms with Crippen LogP contribution in [0.25, 0.3) is 22.2 Å². The van der Waals surface area contributed by atoms with Gasteiger partial charge in [-0.15, -0.1) is 0 Å². The number of hydrogen-bond donors (Lipinski definition) is 3. The maximum atomic E-state index is 13.9. The zero-order chi connectivity index (χ0) is 24.9. The number of halogens is 2. The number of fused-ring (bicyclic) bond motifs is 1. The molecule has 8 nitrogen and oxygen atoms in total. The molecule has 0 atom stereocenters. The van der Waals surface area contributed by atoms with Gasteiger partial charge in [0.25, 0.3) is 17.9 Å². The molecular weight excluding hydrogens is 454 g/mol. The van der Waals surface area contributed by atoms with Crippen molar-refractivity contribution in [1.82, 2.24) is 25.3 Å². The van der Waals surface area contributed by atoms with Crippen LogP contribution < -0.4 is 16.6 Å². The number of carbonyl (C=O) groups excluding carboxylic acids is 1. The second-order valence-electron chi connectivity index (χ2n) is 9.02. The van der Waals surface area contributed by atoms with E-state index in [9.17, 15) is 18.4 Å². The van der Waals surface area contributed by atoms with E-state index < -0.39 is 17.5 Å². The van der Waals surface area contributed by atoms with Gasteiger partial charge in [0, 0.05) is 17.7 Å². The maximum absolute atomic E-state index is 13.9. The van der Waals surface area contributed by atoms with E-state index in [-0.39, 0.29) is 35.5 Å². The van der Waals surface area contributed by atoms with E-state index in [1.54, 1.807) is 24.3 Å². The number of benzene rings is 2. The predicted octanol–water partition coefficient (Wildman–Crippen LogP) is 3.67. The molecule has 2 aromatic heterocycles. The number of aromatic nitrogens is 4. The molecule has 4 aromatic rings. The number of nitrogen functional groups attached to an aromatic ring is 1. The summed E-state index contributed by atoms with van der Waals surface area (Å²) in [6.45, 7) is 4.13. The van der Waals surface area contributed by atoms with Crippen LogP contribution in [0.1, 0.15) is 39.9 Å². The second-order valence-corrected chi connectivity index (χ2v) is 9.02. The Morgan fingerprint density at radius 3 is 2.57 bits per heavy atom. The quantitative estimate of drug-likeness (QED) is 0.391. The molecule has 2 aromatic carbocycles. The van der Waals surface area contributed by atoms with Crippen LogP contribution in [0, 0.1) is 13.8 Å². The monoisotopic (exact) mass is 478 g/mol. The molecular formula is C25H24F2N6O2. The molecule has 0 saturated heterocycles. The highest BCUT2D eigenvalue weighted by Gasteiger charge is 2.55. The first-order chi connectivity index (χ1) is 16.7. The zero-order valence-electron chi connectivity index (χ0n) is 19.2. The van der Waals surface area contributed by atoms with Gasteiger partial charge >= 0.3 is 0 Å². The number of aromatic amines is 1. The van der Waals surface area contributed by atoms with Crippen molar-refractivity contribution in [1.29, 1.82) is 0 Å². The van der Waals surface area contributed by atoms with E-state index in [4.69, 9.17) is 5.73 Å². The molecule has 1 saturated carbocycles. The Hall–Kier alpha value is -4.08. The SMILES string of the molecule is Cc1ccc(C)c(C(=O)NCc2ccc(-c3nn(C4(C(F)F)CC4)c4c(=O)[nH]nc(N)c34)cc2)c1. The van der Waals surface area contributed by atoms with Crippen LogP contribution >= 0.6 is 0 Å². The molecule has 0 spiro atoms. The summed E-state index contributed by atoms with van der Waals surface area (Å²) in [4.78, 5) is 25.2. The van der Waals surface area contributed by atoms with E-state index in [1.165, 1.54) is 0 Å². The van der Waals surface area contributed by atoms with Gasteiger partial charge in [-0.2, -0.15) is 10.2 Å². The van der Waals surface area contributed by atoms with Crippen LogP contribution in [-0.2, 0) is 12.1 Å². The molecule has 4 N–H and O–H groups in total. The first-order valence-corrected chi connectivity index (χ1v) is 11.2. The van der Waals surface area contributed by atoms with E-state index >= 15 is 0 Å². The zero-order valence-corrected chi connectivity index (χ0v) is 19.2. The minimum atomic E-state index is -2.67. The number of rotatable bonds is 6. The highest BCUT2D eigenvalue weighted by Crippen LogP contribution is 2.50. The molecule has 35 heavy (non-hydrogen) atoms. The van der Waals surface area contributed by atoms with Crippen molar-refractivity contribution in [3.05, 3.63) is 75.1 Å². The van der Waals surface area contributed by atoms with Gasteiger partial charge in [-0.3, -0.25) is 9.59 Å². The number of hydrogen-bond acceptors (Lipinski definition) is 5. The minimum Gasteiger partial charge on any atom is -0.382 e. The highest BCUT2D eigenvalue weighted by molar-refractivity contribution is 6.00. The van der Waals surface area contributed by atoms with Crippen molar-refractivity contribution >= 4 is 22.6 Å². The largest absolute Gasteiger partial charge is 0.382 e. The summed E-state index contributed by atoms with van der Waals surface area (Å²) in [7, 11) is 0. The van der Waals surface area contributed by atoms with Gasteiger partial charge in [-0.1, -0.05) is 42.0 Å². The maximum Gasteiger partial charge on any atom is 0.290 e. The van der Waals surface area contributed by atoms with Crippen LogP contribution in [0.5, 0.6) is 0 Å². The molecule has 1 fully saturated rings. The Morgan fingerprint density at radius 2 is 1.91 bits per heavy atom. The van der Waals surface area contributed by atoms with Crippen molar-refractivity contribution in [3.8, 4) is 11.3 Å². The molecule has 0 unspecified atom stereocenters. The molecule has 1 aliphatic carbocycles. The number of H-pyrrole nitrogens is 1. The molecule has 2 heterocycles. The average Bonchev–Trinajstić information content (AvgIpc) is 3.55. The fraction of sp³-hybridized carbons (Fsp3) is 0.280. The Morgan fingerprint density at radius 1 is 1.20 bits per heavy atom. The number of aryl methyl sites for hydroxylation is 2. The third kappa shape index (κ3) is 3.84. The summed E-state index contributed by atoms with van der Waals surface area (Å²) < 4.78 is 28.8. The first kappa shape index (κ1) is 22.7. The van der Waals surface area contributed by atoms with Gasteiger partial charge in [-0.25, -0.2) is 18.6 Å². The Kier molecular flexibility index (Phi) is 5.38. The lowest BCUT2D eigenvalue weighted by Crippen LogP contribution is -2.29. The Bertz CT molecular complexity index is 1500. The third-order valence-corrected chi connectivity index (χ3v) is 6.54. The van der Waals surface area contributed by atoms with Crippen LogP contribution in [0.4, 0.5) is 14.6 Å². The lowest BCUT2D eigenvalue weighted by Gasteiger charge is -2.15. The minimum absolute atomic E-state index is 0.00448. The number of nitrogens with one attached hydrogen (secondary N) is 2. The summed E-state index contributed by atoms with van der Waals surface area (Å²) in [6, 6.07) is 12.8. The van der Waals surface area contributed by atoms with Gasteiger partial charge in [-0.05, 0) is 43.9 Å². The molecule has 0 bridgehead atoms. The van der Waals surface area contributed by atoms with Gasteiger partial charge < -0.3 is 11.1 Å². The summed E-state index contributed by atoms with van der Waals surface area (Å²) in [6.07, 6.45) is -2.22. The number of anilines is 1. The summed E-state index contributed by atoms with van der Waals surface area (Å²) in [5.41, 5.74) is 8.18. The lowest BCUT2D eigenvalue weighted by molar-refractivity contribution is 0.0628. The number of nitrogens with zero attached hydrogens (tertiary/aromatic N) is 3. The van der Waals surface area contributed by atoms with Gasteiger partial charge in [0.15, 0.2) is 5.82 Å². The van der Waals surface area contributed by atoms with E-state index in [0.717, 1.165) is 21.4 Å². The van der Waals surface area contributed by atoms with Gasteiger partial charge in [0.05, 0.1) is 5.39 Å². The first-order valence-electron chi connectivity index (χ1n) is 11.2. The van der Waals surface area contributed by atoms with E-state index in [2.05, 4.69) is 20.6 Å². The predicted molar refractivity (Wildman–Crippen MR) is 128 cm³/mol. The van der Waals surface area contributed by atoms with Crippen LogP contribution in [0.15, 0.2) is 47.3 Å². The summed E-state index contributed by atoms with van der Waals surface area (Å²) in [5, 5.41) is 13.7. The standard InChI is InChI=1S/C25H24F2N6O2/c1-13-3-4-14(2)17(11-13)22(34)29-12-15-5-7-16(8-6-15)19-18-20(23(35)31-30-21(18)28)33(32-19)25(9-10-25)24(26)27/h3-8,11,24H,9-10,12H2,1-2H3,(H2,28,30)(H,29,34)(H,31,35). The molecule has 1 amide bonds. The highest BCUT2D eigenvalue weighted by atomic mass is 19.3. The fourth-order valence-corrected chi connectivity index (χ4v) is 4.30. The Balaban J connectivity index is 1.45. The topological polar surface area (TPSA) is 119 Å². The fourth-order valence-electron chi connectivity index (χ4n) is 4.30. The molecule has 180 valence electrons. The average molecular weight is 479 g/mol. The van der Waals surface area contributed by atoms with Gasteiger partial charge in [0.1, 0.15) is 16.7 Å². The van der Waals surface area contributed by atoms with Crippen molar-refractivity contribution in [2.24, 2.45) is 0 Å². The number of nitrogens with two attached hydrogens (primary N) is 1. The molecule has 0 radical (unpaired) electrons. The number of amides is 1. The van der Waals surface area contributed by atoms with Crippen molar-refractivity contribution in [2.45, 2.75) is 45.2 Å². The van der Waals surface area contributed by atoms with E-state index in [1.807, 2.05) is 32.0 Å². The molecule has 0 aliphatic heterocycles. The second kappa shape index (κ2) is 8.30. The normalized spacial score (nSPS) is 14.4. The van der Waals surface area contributed by atoms with Crippen molar-refractivity contribution < 1.29 is 13.6 Å². The Labute approximate surface area is 199 Å². The van der Waals surface area contributed by atoms with Gasteiger partial charge in [0.2, 0.25) is 0 Å². The molecule has 1 aliphatic rings. The lowest BCUT2D eigenvalue weighted by atomic mass is 10.0. The smallest absolute Gasteiger partial charge is 0.290 e. The number of alkyl halides is 2.